The molecule has 0 unspecified atom stereocenters. The number of methoxy groups -OCH3 is 1. The highest BCUT2D eigenvalue weighted by molar-refractivity contribution is 7.12. The van der Waals surface area contributed by atoms with Crippen molar-refractivity contribution in [1.29, 1.82) is 0 Å². The molecule has 2 aromatic rings. The van der Waals surface area contributed by atoms with Crippen molar-refractivity contribution < 1.29 is 38.7 Å². The zero-order valence-corrected chi connectivity index (χ0v) is 15.9. The van der Waals surface area contributed by atoms with Crippen LogP contribution in [-0.2, 0) is 18.9 Å². The van der Waals surface area contributed by atoms with Gasteiger partial charge in [-0.25, -0.2) is 9.59 Å². The summed E-state index contributed by atoms with van der Waals surface area (Å²) in [5.74, 6) is -1.22. The van der Waals surface area contributed by atoms with Crippen molar-refractivity contribution in [3.8, 4) is 0 Å². The molecule has 0 amide bonds. The predicted molar refractivity (Wildman–Crippen MR) is 95.8 cm³/mol. The average Bonchev–Trinajstić information content (AvgIpc) is 3.38. The Morgan fingerprint density at radius 1 is 1.07 bits per heavy atom. The Labute approximate surface area is 162 Å². The summed E-state index contributed by atoms with van der Waals surface area (Å²) in [6.45, 7) is -0.291. The van der Waals surface area contributed by atoms with Crippen LogP contribution in [0.3, 0.4) is 0 Å². The van der Waals surface area contributed by atoms with E-state index in [1.54, 1.807) is 35.0 Å². The first-order chi connectivity index (χ1) is 13.0. The summed E-state index contributed by atoms with van der Waals surface area (Å²) < 4.78 is 21.1. The van der Waals surface area contributed by atoms with Crippen LogP contribution in [0.5, 0.6) is 0 Å². The predicted octanol–water partition coefficient (Wildman–Crippen LogP) is 1.29. The smallest absolute Gasteiger partial charge is 0.348 e. The molecule has 2 N–H and O–H groups in total. The molecule has 0 saturated carbocycles. The van der Waals surface area contributed by atoms with Gasteiger partial charge in [0.15, 0.2) is 12.4 Å². The summed E-state index contributed by atoms with van der Waals surface area (Å²) in [6, 6.07) is 6.59. The van der Waals surface area contributed by atoms with Crippen LogP contribution in [0, 0.1) is 0 Å². The van der Waals surface area contributed by atoms with Gasteiger partial charge in [0.25, 0.3) is 0 Å². The summed E-state index contributed by atoms with van der Waals surface area (Å²) >= 11 is 2.41. The van der Waals surface area contributed by atoms with Crippen LogP contribution in [0.25, 0.3) is 0 Å². The summed E-state index contributed by atoms with van der Waals surface area (Å²) in [5.41, 5.74) is 0. The van der Waals surface area contributed by atoms with Crippen LogP contribution in [0.2, 0.25) is 0 Å². The van der Waals surface area contributed by atoms with Gasteiger partial charge in [-0.2, -0.15) is 0 Å². The Kier molecular flexibility index (Phi) is 6.58. The van der Waals surface area contributed by atoms with E-state index in [4.69, 9.17) is 18.9 Å². The number of thiophene rings is 2. The minimum Gasteiger partial charge on any atom is -0.459 e. The van der Waals surface area contributed by atoms with E-state index in [1.165, 1.54) is 29.8 Å². The molecule has 1 aliphatic rings. The number of aliphatic hydroxyl groups is 2. The zero-order chi connectivity index (χ0) is 19.4. The molecule has 0 bridgehead atoms. The van der Waals surface area contributed by atoms with Crippen molar-refractivity contribution in [1.82, 2.24) is 0 Å². The van der Waals surface area contributed by atoms with E-state index in [0.29, 0.717) is 9.75 Å². The molecule has 146 valence electrons. The Bertz CT molecular complexity index is 741. The van der Waals surface area contributed by atoms with E-state index in [-0.39, 0.29) is 6.61 Å². The van der Waals surface area contributed by atoms with Crippen LogP contribution in [-0.4, -0.2) is 66.6 Å². The number of ether oxygens (including phenoxy) is 4. The lowest BCUT2D eigenvalue weighted by atomic mass is 9.99. The molecule has 10 heteroatoms. The third-order valence-corrected chi connectivity index (χ3v) is 5.64. The number of rotatable bonds is 6. The fourth-order valence-corrected chi connectivity index (χ4v) is 3.78. The number of hydrogen-bond acceptors (Lipinski definition) is 10. The Balaban J connectivity index is 1.62. The number of esters is 2. The van der Waals surface area contributed by atoms with Gasteiger partial charge in [0.1, 0.15) is 34.7 Å². The fraction of sp³-hybridized carbons (Fsp3) is 0.412. The van der Waals surface area contributed by atoms with Crippen molar-refractivity contribution in [3.05, 3.63) is 44.8 Å². The monoisotopic (exact) mass is 414 g/mol. The van der Waals surface area contributed by atoms with Crippen LogP contribution in [0.15, 0.2) is 35.0 Å². The van der Waals surface area contributed by atoms with Crippen LogP contribution in [0.4, 0.5) is 0 Å². The summed E-state index contributed by atoms with van der Waals surface area (Å²) in [6.07, 6.45) is -6.31. The molecular formula is C17H18O8S2. The van der Waals surface area contributed by atoms with Crippen molar-refractivity contribution in [2.45, 2.75) is 30.7 Å². The molecule has 0 aliphatic carbocycles. The second-order valence-corrected chi connectivity index (χ2v) is 7.58. The van der Waals surface area contributed by atoms with E-state index in [9.17, 15) is 19.8 Å². The normalized spacial score (nSPS) is 27.9. The Hall–Kier alpha value is -1.82. The highest BCUT2D eigenvalue weighted by Gasteiger charge is 2.47. The van der Waals surface area contributed by atoms with Gasteiger partial charge in [-0.05, 0) is 22.9 Å². The standard InChI is InChI=1S/C17H18O8S2/c1-22-17-14(25-16(21)11-5-3-7-27-11)13(19)12(18)9(24-17)8-23-15(20)10-4-2-6-26-10/h2-7,9,12-14,17-19H,8H2,1H3/t9-,12-,13+,14-,17+/m1/s1. The first-order valence-corrected chi connectivity index (χ1v) is 9.76. The molecule has 2 aromatic heterocycles. The highest BCUT2D eigenvalue weighted by Crippen LogP contribution is 2.26. The van der Waals surface area contributed by atoms with Gasteiger partial charge in [0.05, 0.1) is 0 Å². The maximum Gasteiger partial charge on any atom is 0.348 e. The summed E-state index contributed by atoms with van der Waals surface area (Å²) in [5, 5.41) is 24.1. The molecule has 3 rings (SSSR count). The van der Waals surface area contributed by atoms with E-state index in [0.717, 1.165) is 0 Å². The minimum atomic E-state index is -1.47. The first kappa shape index (κ1) is 19.9. The molecule has 0 aromatic carbocycles. The number of carbonyl (C=O) groups is 2. The average molecular weight is 414 g/mol. The molecule has 8 nitrogen and oxygen atoms in total. The van der Waals surface area contributed by atoms with Crippen molar-refractivity contribution in [2.24, 2.45) is 0 Å². The molecule has 27 heavy (non-hydrogen) atoms. The summed E-state index contributed by atoms with van der Waals surface area (Å²) in [4.78, 5) is 24.8. The molecule has 1 saturated heterocycles. The second kappa shape index (κ2) is 8.91. The molecule has 1 aliphatic heterocycles. The maximum atomic E-state index is 12.1. The fourth-order valence-electron chi connectivity index (χ4n) is 2.56. The van der Waals surface area contributed by atoms with Gasteiger partial charge < -0.3 is 29.2 Å². The van der Waals surface area contributed by atoms with E-state index in [2.05, 4.69) is 0 Å². The molecule has 0 spiro atoms. The Morgan fingerprint density at radius 3 is 2.26 bits per heavy atom. The maximum absolute atomic E-state index is 12.1. The molecule has 3 heterocycles. The Morgan fingerprint density at radius 2 is 1.70 bits per heavy atom. The number of hydrogen-bond donors (Lipinski definition) is 2. The number of carbonyl (C=O) groups excluding carboxylic acids is 2. The lowest BCUT2D eigenvalue weighted by Gasteiger charge is -2.41. The van der Waals surface area contributed by atoms with Crippen LogP contribution in [0.1, 0.15) is 19.3 Å². The first-order valence-electron chi connectivity index (χ1n) is 8.00. The van der Waals surface area contributed by atoms with Crippen molar-refractivity contribution in [2.75, 3.05) is 13.7 Å². The van der Waals surface area contributed by atoms with Gasteiger partial charge in [-0.15, -0.1) is 22.7 Å². The third kappa shape index (κ3) is 4.54. The van der Waals surface area contributed by atoms with Gasteiger partial charge in [0, 0.05) is 7.11 Å². The summed E-state index contributed by atoms with van der Waals surface area (Å²) in [7, 11) is 1.32. The largest absolute Gasteiger partial charge is 0.459 e. The van der Waals surface area contributed by atoms with Gasteiger partial charge in [-0.3, -0.25) is 0 Å². The highest BCUT2D eigenvalue weighted by atomic mass is 32.1. The van der Waals surface area contributed by atoms with Crippen molar-refractivity contribution >= 4 is 34.6 Å². The molecule has 5 atom stereocenters. The van der Waals surface area contributed by atoms with Crippen LogP contribution >= 0.6 is 22.7 Å². The van der Waals surface area contributed by atoms with E-state index >= 15 is 0 Å². The lowest BCUT2D eigenvalue weighted by molar-refractivity contribution is -0.293. The second-order valence-electron chi connectivity index (χ2n) is 5.68. The SMILES string of the molecule is CO[C@H]1O[C@H](COC(=O)c2cccs2)[C@@H](O)[C@H](O)[C@H]1OC(=O)c1cccs1. The zero-order valence-electron chi connectivity index (χ0n) is 14.2. The molecular weight excluding hydrogens is 396 g/mol. The van der Waals surface area contributed by atoms with Gasteiger partial charge in [0.2, 0.25) is 0 Å². The molecule has 0 radical (unpaired) electrons. The minimum absolute atomic E-state index is 0.291. The van der Waals surface area contributed by atoms with Crippen LogP contribution < -0.4 is 0 Å². The van der Waals surface area contributed by atoms with Crippen molar-refractivity contribution in [3.63, 3.8) is 0 Å². The third-order valence-electron chi connectivity index (χ3n) is 3.94. The van der Waals surface area contributed by atoms with E-state index < -0.39 is 42.6 Å². The van der Waals surface area contributed by atoms with E-state index in [1.807, 2.05) is 0 Å². The molecule has 1 fully saturated rings. The topological polar surface area (TPSA) is 112 Å². The van der Waals surface area contributed by atoms with Gasteiger partial charge >= 0.3 is 11.9 Å². The van der Waals surface area contributed by atoms with Gasteiger partial charge in [-0.1, -0.05) is 12.1 Å². The quantitative estimate of drug-likeness (QED) is 0.680. The number of aliphatic hydroxyl groups excluding tert-OH is 2. The lowest BCUT2D eigenvalue weighted by Crippen LogP contribution is -2.60.